The molecule has 1 aliphatic carbocycles. The molecule has 134 valence electrons. The van der Waals surface area contributed by atoms with Crippen LogP contribution in [-0.2, 0) is 17.6 Å². The summed E-state index contributed by atoms with van der Waals surface area (Å²) < 4.78 is 5.75. The number of benzene rings is 1. The quantitative estimate of drug-likeness (QED) is 0.716. The van der Waals surface area contributed by atoms with Crippen molar-refractivity contribution in [2.45, 2.75) is 26.2 Å². The highest BCUT2D eigenvalue weighted by Crippen LogP contribution is 2.40. The summed E-state index contributed by atoms with van der Waals surface area (Å²) in [6, 6.07) is 7.01. The fraction of sp³-hybridized carbons (Fsp3) is 0.316. The standard InChI is InChI=1S/C19H18ClN3O2S/c1-11-5-6-14-15(7-11)26-19-17(14)18(21-10-22-19)25-9-16(24)23-13-4-2-3-12(20)8-13/h2-4,8,10-11H,5-7,9H2,1H3,(H,23,24)/t11-/m1/s1. The van der Waals surface area contributed by atoms with E-state index in [9.17, 15) is 4.79 Å². The highest BCUT2D eigenvalue weighted by molar-refractivity contribution is 7.18. The van der Waals surface area contributed by atoms with E-state index in [1.165, 1.54) is 16.8 Å². The summed E-state index contributed by atoms with van der Waals surface area (Å²) in [7, 11) is 0. The van der Waals surface area contributed by atoms with E-state index >= 15 is 0 Å². The zero-order valence-corrected chi connectivity index (χ0v) is 15.9. The van der Waals surface area contributed by atoms with Crippen molar-refractivity contribution >= 4 is 44.7 Å². The first kappa shape index (κ1) is 17.2. The van der Waals surface area contributed by atoms with Gasteiger partial charge in [-0.3, -0.25) is 4.79 Å². The molecule has 2 heterocycles. The van der Waals surface area contributed by atoms with Crippen LogP contribution in [0.5, 0.6) is 5.88 Å². The average molecular weight is 388 g/mol. The smallest absolute Gasteiger partial charge is 0.262 e. The Kier molecular flexibility index (Phi) is 4.78. The minimum Gasteiger partial charge on any atom is -0.467 e. The summed E-state index contributed by atoms with van der Waals surface area (Å²) in [5.41, 5.74) is 1.93. The van der Waals surface area contributed by atoms with E-state index < -0.39 is 0 Å². The molecule has 0 unspecified atom stereocenters. The molecule has 0 fully saturated rings. The summed E-state index contributed by atoms with van der Waals surface area (Å²) in [4.78, 5) is 23.1. The Balaban J connectivity index is 1.51. The summed E-state index contributed by atoms with van der Waals surface area (Å²) in [5, 5.41) is 4.31. The maximum Gasteiger partial charge on any atom is 0.262 e. The van der Waals surface area contributed by atoms with Crippen LogP contribution in [-0.4, -0.2) is 22.5 Å². The van der Waals surface area contributed by atoms with Crippen molar-refractivity contribution in [2.75, 3.05) is 11.9 Å². The van der Waals surface area contributed by atoms with Gasteiger partial charge in [-0.1, -0.05) is 24.6 Å². The van der Waals surface area contributed by atoms with Crippen molar-refractivity contribution < 1.29 is 9.53 Å². The lowest BCUT2D eigenvalue weighted by Gasteiger charge is -2.18. The van der Waals surface area contributed by atoms with Gasteiger partial charge in [-0.2, -0.15) is 0 Å². The van der Waals surface area contributed by atoms with Crippen molar-refractivity contribution in [3.05, 3.63) is 46.1 Å². The van der Waals surface area contributed by atoms with E-state index in [1.807, 2.05) is 0 Å². The first-order valence-electron chi connectivity index (χ1n) is 8.53. The number of anilines is 1. The molecular formula is C19H18ClN3O2S. The van der Waals surface area contributed by atoms with Crippen LogP contribution in [0.4, 0.5) is 5.69 Å². The molecule has 3 aromatic rings. The van der Waals surface area contributed by atoms with E-state index in [-0.39, 0.29) is 12.5 Å². The maximum absolute atomic E-state index is 12.2. The Labute approximate surface area is 160 Å². The van der Waals surface area contributed by atoms with Crippen LogP contribution in [0.2, 0.25) is 5.02 Å². The average Bonchev–Trinajstić information content (AvgIpc) is 2.98. The number of nitrogens with one attached hydrogen (secondary N) is 1. The van der Waals surface area contributed by atoms with Crippen molar-refractivity contribution in [3.63, 3.8) is 0 Å². The number of ether oxygens (including phenoxy) is 1. The maximum atomic E-state index is 12.2. The number of rotatable bonds is 4. The van der Waals surface area contributed by atoms with Gasteiger partial charge in [-0.15, -0.1) is 11.3 Å². The molecule has 26 heavy (non-hydrogen) atoms. The molecule has 0 aliphatic heterocycles. The third kappa shape index (κ3) is 3.52. The van der Waals surface area contributed by atoms with Crippen molar-refractivity contribution in [2.24, 2.45) is 5.92 Å². The number of fused-ring (bicyclic) bond motifs is 3. The summed E-state index contributed by atoms with van der Waals surface area (Å²) in [6.07, 6.45) is 4.74. The fourth-order valence-corrected chi connectivity index (χ4v) is 4.78. The lowest BCUT2D eigenvalue weighted by molar-refractivity contribution is -0.118. The van der Waals surface area contributed by atoms with E-state index in [1.54, 1.807) is 35.6 Å². The van der Waals surface area contributed by atoms with Crippen LogP contribution >= 0.6 is 22.9 Å². The number of hydrogen-bond acceptors (Lipinski definition) is 5. The van der Waals surface area contributed by atoms with Gasteiger partial charge in [0.1, 0.15) is 11.2 Å². The molecular weight excluding hydrogens is 370 g/mol. The normalized spacial score (nSPS) is 16.3. The molecule has 1 aromatic carbocycles. The minimum atomic E-state index is -0.253. The number of carbonyl (C=O) groups is 1. The van der Waals surface area contributed by atoms with E-state index in [2.05, 4.69) is 22.2 Å². The largest absolute Gasteiger partial charge is 0.467 e. The number of hydrogen-bond donors (Lipinski definition) is 1. The molecule has 1 aliphatic rings. The van der Waals surface area contributed by atoms with E-state index in [0.29, 0.717) is 22.5 Å². The Morgan fingerprint density at radius 1 is 1.42 bits per heavy atom. The fourth-order valence-electron chi connectivity index (χ4n) is 3.25. The van der Waals surface area contributed by atoms with Crippen LogP contribution in [0.25, 0.3) is 10.2 Å². The highest BCUT2D eigenvalue weighted by Gasteiger charge is 2.23. The molecule has 0 saturated heterocycles. The SMILES string of the molecule is C[C@@H]1CCc2c(sc3ncnc(OCC(=O)Nc4cccc(Cl)c4)c23)C1. The summed E-state index contributed by atoms with van der Waals surface area (Å²) in [5.74, 6) is 0.927. The third-order valence-corrected chi connectivity index (χ3v) is 5.90. The first-order chi connectivity index (χ1) is 12.6. The number of thiophene rings is 1. The molecule has 0 bridgehead atoms. The zero-order chi connectivity index (χ0) is 18.1. The van der Waals surface area contributed by atoms with Crippen LogP contribution in [0.1, 0.15) is 23.8 Å². The Bertz CT molecular complexity index is 973. The number of halogens is 1. The molecule has 0 radical (unpaired) electrons. The van der Waals surface area contributed by atoms with E-state index in [4.69, 9.17) is 16.3 Å². The number of aryl methyl sites for hydroxylation is 1. The number of aromatic nitrogens is 2. The third-order valence-electron chi connectivity index (χ3n) is 4.51. The first-order valence-corrected chi connectivity index (χ1v) is 9.73. The molecule has 5 nitrogen and oxygen atoms in total. The van der Waals surface area contributed by atoms with Gasteiger partial charge in [0.05, 0.1) is 5.39 Å². The molecule has 1 N–H and O–H groups in total. The molecule has 7 heteroatoms. The summed E-state index contributed by atoms with van der Waals surface area (Å²) in [6.45, 7) is 2.16. The van der Waals surface area contributed by atoms with Crippen LogP contribution in [0.3, 0.4) is 0 Å². The van der Waals surface area contributed by atoms with Gasteiger partial charge in [-0.25, -0.2) is 9.97 Å². The monoisotopic (exact) mass is 387 g/mol. The second kappa shape index (κ2) is 7.21. The van der Waals surface area contributed by atoms with Crippen molar-refractivity contribution in [1.29, 1.82) is 0 Å². The molecule has 1 amide bonds. The van der Waals surface area contributed by atoms with Gasteiger partial charge < -0.3 is 10.1 Å². The van der Waals surface area contributed by atoms with Gasteiger partial charge in [0, 0.05) is 15.6 Å². The summed E-state index contributed by atoms with van der Waals surface area (Å²) >= 11 is 7.64. The van der Waals surface area contributed by atoms with Gasteiger partial charge in [0.25, 0.3) is 5.91 Å². The second-order valence-corrected chi connectivity index (χ2v) is 8.08. The Morgan fingerprint density at radius 3 is 3.15 bits per heavy atom. The van der Waals surface area contributed by atoms with Gasteiger partial charge in [0.15, 0.2) is 6.61 Å². The van der Waals surface area contributed by atoms with Gasteiger partial charge >= 0.3 is 0 Å². The van der Waals surface area contributed by atoms with Crippen LogP contribution < -0.4 is 10.1 Å². The predicted octanol–water partition coefficient (Wildman–Crippen LogP) is 4.49. The highest BCUT2D eigenvalue weighted by atomic mass is 35.5. The number of carbonyl (C=O) groups excluding carboxylic acids is 1. The minimum absolute atomic E-state index is 0.111. The van der Waals surface area contributed by atoms with Gasteiger partial charge in [-0.05, 0) is 48.9 Å². The van der Waals surface area contributed by atoms with Crippen LogP contribution in [0.15, 0.2) is 30.6 Å². The molecule has 4 rings (SSSR count). The zero-order valence-electron chi connectivity index (χ0n) is 14.3. The lowest BCUT2D eigenvalue weighted by Crippen LogP contribution is -2.20. The Morgan fingerprint density at radius 2 is 2.31 bits per heavy atom. The van der Waals surface area contributed by atoms with Crippen LogP contribution in [0, 0.1) is 5.92 Å². The molecule has 0 saturated carbocycles. The number of amides is 1. The van der Waals surface area contributed by atoms with Crippen molar-refractivity contribution in [3.8, 4) is 5.88 Å². The van der Waals surface area contributed by atoms with Crippen molar-refractivity contribution in [1.82, 2.24) is 9.97 Å². The lowest BCUT2D eigenvalue weighted by atomic mass is 9.89. The predicted molar refractivity (Wildman–Crippen MR) is 104 cm³/mol. The van der Waals surface area contributed by atoms with E-state index in [0.717, 1.165) is 29.5 Å². The topological polar surface area (TPSA) is 64.1 Å². The van der Waals surface area contributed by atoms with Gasteiger partial charge in [0.2, 0.25) is 5.88 Å². The Hall–Kier alpha value is -2.18. The second-order valence-electron chi connectivity index (χ2n) is 6.56. The number of nitrogens with zero attached hydrogens (tertiary/aromatic N) is 2. The molecule has 1 atom stereocenters. The molecule has 0 spiro atoms. The molecule has 2 aromatic heterocycles.